The van der Waals surface area contributed by atoms with E-state index in [1.165, 1.54) is 21.6 Å². The van der Waals surface area contributed by atoms with Crippen molar-refractivity contribution in [3.05, 3.63) is 65.8 Å². The fourth-order valence-electron chi connectivity index (χ4n) is 22.7. The third-order valence-corrected chi connectivity index (χ3v) is 29.1. The smallest absolute Gasteiger partial charge is 0.234 e. The van der Waals surface area contributed by atoms with E-state index in [2.05, 4.69) is 44.4 Å². The van der Waals surface area contributed by atoms with E-state index in [4.69, 9.17) is 9.72 Å². The van der Waals surface area contributed by atoms with Crippen molar-refractivity contribution in [3.63, 3.8) is 0 Å². The number of phenolic OH excluding ortho intramolecular Hbond substituents is 1. The molecule has 7 heterocycles. The number of phenols is 1. The molecule has 21 unspecified atom stereocenters. The zero-order valence-corrected chi connectivity index (χ0v) is 49.0. The Labute approximate surface area is 479 Å². The molecule has 21 atom stereocenters. The molecule has 2 aromatic rings. The van der Waals surface area contributed by atoms with Gasteiger partial charge in [0.15, 0.2) is 5.78 Å². The minimum atomic E-state index is -1.70. The van der Waals surface area contributed by atoms with E-state index < -0.39 is 96.7 Å². The molecule has 14 nitrogen and oxygen atoms in total. The second kappa shape index (κ2) is 18.6. The molecular formula is C64H87N3O11S2. The molecule has 12 bridgehead atoms. The average Bonchev–Trinajstić information content (AvgIpc) is 3.26. The summed E-state index contributed by atoms with van der Waals surface area (Å²) in [5.41, 5.74) is -10.7. The van der Waals surface area contributed by atoms with Gasteiger partial charge in [-0.2, -0.15) is 0 Å². The van der Waals surface area contributed by atoms with Crippen molar-refractivity contribution in [2.75, 3.05) is 23.8 Å². The summed E-state index contributed by atoms with van der Waals surface area (Å²) in [6.45, 7) is 9.35. The molecule has 6 saturated carbocycles. The van der Waals surface area contributed by atoms with E-state index in [0.29, 0.717) is 119 Å². The summed E-state index contributed by atoms with van der Waals surface area (Å²) in [5, 5.41) is 105. The lowest BCUT2D eigenvalue weighted by molar-refractivity contribution is -0.272. The molecule has 6 spiro atoms. The Morgan fingerprint density at radius 1 is 0.887 bits per heavy atom. The number of ketones is 1. The van der Waals surface area contributed by atoms with Gasteiger partial charge in [-0.1, -0.05) is 74.3 Å². The zero-order valence-electron chi connectivity index (χ0n) is 47.3. The first-order valence-electron chi connectivity index (χ1n) is 31.0. The monoisotopic (exact) mass is 1140 g/mol. The van der Waals surface area contributed by atoms with Crippen molar-refractivity contribution in [2.45, 2.75) is 203 Å². The highest BCUT2D eigenvalue weighted by atomic mass is 33.1. The Hall–Kier alpha value is -2.77. The molecule has 436 valence electrons. The summed E-state index contributed by atoms with van der Waals surface area (Å²) in [4.78, 5) is 39.6. The van der Waals surface area contributed by atoms with E-state index >= 15 is 14.7 Å². The van der Waals surface area contributed by atoms with E-state index in [1.54, 1.807) is 23.1 Å². The summed E-state index contributed by atoms with van der Waals surface area (Å²) >= 11 is 0. The molecule has 1 aromatic heterocycles. The van der Waals surface area contributed by atoms with Crippen LogP contribution in [0.2, 0.25) is 0 Å². The van der Waals surface area contributed by atoms with Gasteiger partial charge in [-0.25, -0.2) is 4.98 Å². The van der Waals surface area contributed by atoms with Gasteiger partial charge in [-0.3, -0.25) is 9.59 Å². The summed E-state index contributed by atoms with van der Waals surface area (Å²) in [7, 11) is 2.65. The second-order valence-electron chi connectivity index (χ2n) is 28.9. The third-order valence-electron chi connectivity index (χ3n) is 26.4. The number of aromatic hydroxyl groups is 1. The van der Waals surface area contributed by atoms with E-state index in [1.807, 2.05) is 18.5 Å². The summed E-state index contributed by atoms with van der Waals surface area (Å²) in [6.07, 6.45) is 15.5. The number of carbonyl (C=O) groups excluding carboxylic acids is 2. The van der Waals surface area contributed by atoms with Crippen LogP contribution in [0.1, 0.15) is 148 Å². The number of aryl methyl sites for hydroxylation is 2. The minimum Gasteiger partial charge on any atom is -0.508 e. The maximum atomic E-state index is 16.6. The highest BCUT2D eigenvalue weighted by Crippen LogP contribution is 2.83. The molecule has 80 heavy (non-hydrogen) atoms. The van der Waals surface area contributed by atoms with Gasteiger partial charge in [0.2, 0.25) is 5.91 Å². The highest BCUT2D eigenvalue weighted by Gasteiger charge is 2.84. The van der Waals surface area contributed by atoms with Crippen LogP contribution in [0.4, 0.5) is 5.69 Å². The van der Waals surface area contributed by atoms with Gasteiger partial charge in [0.25, 0.3) is 0 Å². The third kappa shape index (κ3) is 6.73. The number of rotatable bonds is 4. The fraction of sp³-hybridized carbons (Fsp3) is 0.766. The summed E-state index contributed by atoms with van der Waals surface area (Å²) in [5.74, 6) is -0.538. The Morgan fingerprint density at radius 2 is 1.71 bits per heavy atom. The first-order chi connectivity index (χ1) is 38.2. The summed E-state index contributed by atoms with van der Waals surface area (Å²) < 4.78 is 8.98. The van der Waals surface area contributed by atoms with Crippen molar-refractivity contribution in [3.8, 4) is 5.75 Å². The first kappa shape index (κ1) is 55.1. The molecule has 16 rings (SSSR count). The number of hydrogen-bond acceptors (Lipinski definition) is 14. The number of aromatic nitrogens is 2. The molecule has 8 N–H and O–H groups in total. The number of hydrogen-bond donors (Lipinski definition) is 8. The Bertz CT molecular complexity index is 2920. The minimum absolute atomic E-state index is 0.00888. The van der Waals surface area contributed by atoms with Crippen LogP contribution in [0, 0.1) is 79.3 Å². The average molecular weight is 1140 g/mol. The molecule has 2 saturated heterocycles. The molecular weight excluding hydrogens is 1050 g/mol. The number of fused-ring (bicyclic) bond motifs is 3. The highest BCUT2D eigenvalue weighted by molar-refractivity contribution is 8.76. The molecule has 8 aliphatic carbocycles. The molecule has 16 heteroatoms. The number of imidazole rings is 1. The van der Waals surface area contributed by atoms with Crippen LogP contribution in [0.15, 0.2) is 54.4 Å². The number of epoxide rings is 1. The van der Waals surface area contributed by atoms with Gasteiger partial charge in [0.05, 0.1) is 40.8 Å². The van der Waals surface area contributed by atoms with Crippen LogP contribution in [-0.2, 0) is 33.7 Å². The van der Waals surface area contributed by atoms with Gasteiger partial charge in [-0.15, -0.1) is 0 Å². The Balaban J connectivity index is 1.03. The van der Waals surface area contributed by atoms with Crippen LogP contribution in [-0.4, -0.2) is 128 Å². The second-order valence-corrected chi connectivity index (χ2v) is 31.4. The van der Waals surface area contributed by atoms with Crippen LogP contribution in [0.5, 0.6) is 5.75 Å². The number of allylic oxidation sites excluding steroid dienone is 2. The molecule has 1 aromatic carbocycles. The Kier molecular flexibility index (Phi) is 12.8. The maximum Gasteiger partial charge on any atom is 0.234 e. The first-order valence-corrected chi connectivity index (χ1v) is 33.4. The normalized spacial score (nSPS) is 49.7. The summed E-state index contributed by atoms with van der Waals surface area (Å²) in [6, 6.07) is 5.43. The quantitative estimate of drug-likeness (QED) is 0.0829. The molecule has 6 aliphatic heterocycles. The molecule has 1 amide bonds. The van der Waals surface area contributed by atoms with Crippen molar-refractivity contribution in [1.29, 1.82) is 0 Å². The van der Waals surface area contributed by atoms with E-state index in [0.717, 1.165) is 30.7 Å². The number of aliphatic hydroxyl groups excluding tert-OH is 5. The lowest BCUT2D eigenvalue weighted by Crippen LogP contribution is -2.76. The predicted molar refractivity (Wildman–Crippen MR) is 305 cm³/mol. The van der Waals surface area contributed by atoms with Crippen molar-refractivity contribution in [2.24, 2.45) is 79.3 Å². The van der Waals surface area contributed by atoms with Crippen LogP contribution in [0.3, 0.4) is 0 Å². The standard InChI is InChI=1S/C64H87N3O11S2/c1-36(2)37(3)51-53(78-51)61(76)19-8-17-57-16-7-12-50-65-23-24-66(50)32-39-13-20-58(29-39)52(73)46(70)31-60-49(72)28-44(45(30-57)56(58,60)4)63(77)22-15-47(61)62(57,63)21-14-38-25-42(27-43(69)26-38)67-35-59(18-6-11-48(59)71)64(54(67)74)40(33-68)9-5-10-41(64)34-79-80-55(60)75/h8,17,23-28,36-37,39-41,45-48,51-53,55,68-71,73,75-77H,5-7,9-16,18-22,29-35H2,1-4H3. The van der Waals surface area contributed by atoms with Crippen LogP contribution >= 0.6 is 21.6 Å². The topological polar surface area (TPSA) is 230 Å². The Morgan fingerprint density at radius 3 is 2.49 bits per heavy atom. The van der Waals surface area contributed by atoms with Gasteiger partial charge < -0.3 is 55.1 Å². The molecule has 0 radical (unpaired) electrons. The number of benzene rings is 1. The van der Waals surface area contributed by atoms with Gasteiger partial charge in [0, 0.05) is 78.2 Å². The SMILES string of the molecule is CC(C)C(C)C1OC1C1(O)CC=CC23CCCc4nccn4CC4CCC5(C4)C(O)C(O)CC46C(=O)C=C(C(C2)C54C)C2(O)CCC1C32CCc1cc(O)cc(c1)N1CC2(CCCC2O)C2(C1=O)C(CO)CCCC2CSSC6O. The maximum absolute atomic E-state index is 16.6. The van der Waals surface area contributed by atoms with Gasteiger partial charge in [0.1, 0.15) is 28.7 Å². The number of aliphatic hydroxyl groups is 7. The number of anilines is 1. The van der Waals surface area contributed by atoms with Crippen LogP contribution in [0.25, 0.3) is 0 Å². The van der Waals surface area contributed by atoms with Crippen molar-refractivity contribution < 1.29 is 55.2 Å². The largest absolute Gasteiger partial charge is 0.508 e. The van der Waals surface area contributed by atoms with Gasteiger partial charge in [-0.05, 0) is 178 Å². The van der Waals surface area contributed by atoms with Crippen LogP contribution < -0.4 is 4.90 Å². The lowest BCUT2D eigenvalue weighted by Gasteiger charge is -2.74. The van der Waals surface area contributed by atoms with Gasteiger partial charge >= 0.3 is 0 Å². The zero-order chi connectivity index (χ0) is 56.0. The van der Waals surface area contributed by atoms with E-state index in [-0.39, 0.29) is 67.3 Å². The lowest BCUT2D eigenvalue weighted by atomic mass is 9.31. The number of ether oxygens (including phenoxy) is 1. The predicted octanol–water partition coefficient (Wildman–Crippen LogP) is 7.84. The number of nitrogens with zero attached hydrogens (tertiary/aromatic N) is 3. The molecule has 14 aliphatic rings. The van der Waals surface area contributed by atoms with Crippen molar-refractivity contribution >= 4 is 39.0 Å². The molecule has 8 fully saturated rings. The fourth-order valence-corrected chi connectivity index (χ4v) is 25.8. The van der Waals surface area contributed by atoms with E-state index in [9.17, 15) is 35.7 Å². The number of carbonyl (C=O) groups is 2. The number of amides is 1. The van der Waals surface area contributed by atoms with Crippen molar-refractivity contribution in [1.82, 2.24) is 9.55 Å².